The van der Waals surface area contributed by atoms with E-state index in [0.717, 1.165) is 16.5 Å². The standard InChI is InChI=1S/C11H12BrN3S/c1-7-4-14-11(15-5-7)10(13)3-9-2-8(12)6-16-9/h2,4-6,10H,3,13H2,1H3. The third-order valence-corrected chi connectivity index (χ3v) is 3.90. The number of hydrogen-bond acceptors (Lipinski definition) is 4. The van der Waals surface area contributed by atoms with Crippen LogP contribution in [0.4, 0.5) is 0 Å². The fourth-order valence-electron chi connectivity index (χ4n) is 1.36. The smallest absolute Gasteiger partial charge is 0.145 e. The Labute approximate surface area is 107 Å². The normalized spacial score (nSPS) is 12.7. The molecule has 1 atom stereocenters. The summed E-state index contributed by atoms with van der Waals surface area (Å²) < 4.78 is 1.10. The van der Waals surface area contributed by atoms with Crippen LogP contribution < -0.4 is 5.73 Å². The third kappa shape index (κ3) is 2.87. The molecular weight excluding hydrogens is 286 g/mol. The topological polar surface area (TPSA) is 51.8 Å². The van der Waals surface area contributed by atoms with Crippen LogP contribution in [-0.2, 0) is 6.42 Å². The minimum absolute atomic E-state index is 0.133. The van der Waals surface area contributed by atoms with Crippen LogP contribution in [0, 0.1) is 6.92 Å². The molecule has 3 nitrogen and oxygen atoms in total. The molecule has 84 valence electrons. The lowest BCUT2D eigenvalue weighted by atomic mass is 10.2. The molecule has 0 aliphatic heterocycles. The molecule has 0 radical (unpaired) electrons. The maximum absolute atomic E-state index is 6.05. The van der Waals surface area contributed by atoms with Crippen LogP contribution in [-0.4, -0.2) is 9.97 Å². The molecule has 1 unspecified atom stereocenters. The number of hydrogen-bond donors (Lipinski definition) is 1. The third-order valence-electron chi connectivity index (χ3n) is 2.18. The van der Waals surface area contributed by atoms with E-state index in [1.54, 1.807) is 23.7 Å². The van der Waals surface area contributed by atoms with E-state index >= 15 is 0 Å². The zero-order chi connectivity index (χ0) is 11.5. The van der Waals surface area contributed by atoms with Gasteiger partial charge >= 0.3 is 0 Å². The van der Waals surface area contributed by atoms with Crippen molar-refractivity contribution in [2.24, 2.45) is 5.73 Å². The van der Waals surface area contributed by atoms with Crippen molar-refractivity contribution in [2.45, 2.75) is 19.4 Å². The van der Waals surface area contributed by atoms with Gasteiger partial charge in [-0.05, 0) is 34.5 Å². The molecule has 0 saturated heterocycles. The van der Waals surface area contributed by atoms with Crippen LogP contribution in [0.2, 0.25) is 0 Å². The van der Waals surface area contributed by atoms with E-state index in [-0.39, 0.29) is 6.04 Å². The molecule has 2 N–H and O–H groups in total. The first-order valence-electron chi connectivity index (χ1n) is 4.92. The Kier molecular flexibility index (Phi) is 3.68. The molecule has 2 rings (SSSR count). The average molecular weight is 298 g/mol. The van der Waals surface area contributed by atoms with Crippen molar-refractivity contribution >= 4 is 27.3 Å². The van der Waals surface area contributed by atoms with Gasteiger partial charge in [0, 0.05) is 33.5 Å². The summed E-state index contributed by atoms with van der Waals surface area (Å²) in [5.74, 6) is 0.704. The fraction of sp³-hybridized carbons (Fsp3) is 0.273. The van der Waals surface area contributed by atoms with E-state index in [1.807, 2.05) is 6.92 Å². The molecule has 0 aromatic carbocycles. The second-order valence-corrected chi connectivity index (χ2v) is 5.57. The number of aromatic nitrogens is 2. The van der Waals surface area contributed by atoms with Crippen LogP contribution in [0.1, 0.15) is 22.3 Å². The monoisotopic (exact) mass is 297 g/mol. The summed E-state index contributed by atoms with van der Waals surface area (Å²) in [6.07, 6.45) is 4.37. The lowest BCUT2D eigenvalue weighted by Crippen LogP contribution is -2.16. The van der Waals surface area contributed by atoms with Gasteiger partial charge in [-0.15, -0.1) is 11.3 Å². The summed E-state index contributed by atoms with van der Waals surface area (Å²) >= 11 is 5.12. The van der Waals surface area contributed by atoms with Gasteiger partial charge in [-0.25, -0.2) is 9.97 Å². The summed E-state index contributed by atoms with van der Waals surface area (Å²) in [5, 5.41) is 2.05. The molecule has 5 heteroatoms. The van der Waals surface area contributed by atoms with E-state index in [1.165, 1.54) is 4.88 Å². The van der Waals surface area contributed by atoms with Crippen LogP contribution in [0.5, 0.6) is 0 Å². The number of aryl methyl sites for hydroxylation is 1. The number of nitrogens with zero attached hydrogens (tertiary/aromatic N) is 2. The highest BCUT2D eigenvalue weighted by molar-refractivity contribution is 9.10. The lowest BCUT2D eigenvalue weighted by molar-refractivity contribution is 0.671. The van der Waals surface area contributed by atoms with Crippen molar-refractivity contribution in [2.75, 3.05) is 0 Å². The maximum Gasteiger partial charge on any atom is 0.145 e. The zero-order valence-corrected chi connectivity index (χ0v) is 11.3. The molecule has 0 spiro atoms. The Morgan fingerprint density at radius 1 is 1.44 bits per heavy atom. The van der Waals surface area contributed by atoms with Crippen molar-refractivity contribution in [3.05, 3.63) is 44.6 Å². The highest BCUT2D eigenvalue weighted by atomic mass is 79.9. The minimum Gasteiger partial charge on any atom is -0.321 e. The molecule has 0 amide bonds. The molecule has 0 aliphatic rings. The van der Waals surface area contributed by atoms with Gasteiger partial charge in [-0.2, -0.15) is 0 Å². The van der Waals surface area contributed by atoms with Gasteiger partial charge < -0.3 is 5.73 Å². The Morgan fingerprint density at radius 2 is 2.12 bits per heavy atom. The van der Waals surface area contributed by atoms with Gasteiger partial charge in [-0.1, -0.05) is 0 Å². The van der Waals surface area contributed by atoms with E-state index in [2.05, 4.69) is 37.3 Å². The maximum atomic E-state index is 6.05. The average Bonchev–Trinajstić information content (AvgIpc) is 2.65. The van der Waals surface area contributed by atoms with Crippen molar-refractivity contribution in [1.29, 1.82) is 0 Å². The highest BCUT2D eigenvalue weighted by Gasteiger charge is 2.11. The summed E-state index contributed by atoms with van der Waals surface area (Å²) in [7, 11) is 0. The van der Waals surface area contributed by atoms with Crippen LogP contribution >= 0.6 is 27.3 Å². The van der Waals surface area contributed by atoms with Crippen molar-refractivity contribution in [3.8, 4) is 0 Å². The Balaban J connectivity index is 2.08. The van der Waals surface area contributed by atoms with Gasteiger partial charge in [0.15, 0.2) is 0 Å². The predicted molar refractivity (Wildman–Crippen MR) is 69.4 cm³/mol. The number of nitrogens with two attached hydrogens (primary N) is 1. The Bertz CT molecular complexity index is 466. The number of rotatable bonds is 3. The van der Waals surface area contributed by atoms with Gasteiger partial charge in [0.25, 0.3) is 0 Å². The van der Waals surface area contributed by atoms with Gasteiger partial charge in [0.2, 0.25) is 0 Å². The van der Waals surface area contributed by atoms with Gasteiger partial charge in [0.05, 0.1) is 6.04 Å². The van der Waals surface area contributed by atoms with Crippen LogP contribution in [0.25, 0.3) is 0 Å². The molecule has 0 fully saturated rings. The summed E-state index contributed by atoms with van der Waals surface area (Å²) in [4.78, 5) is 9.72. The zero-order valence-electron chi connectivity index (χ0n) is 8.85. The van der Waals surface area contributed by atoms with Gasteiger partial charge in [-0.3, -0.25) is 0 Å². The highest BCUT2D eigenvalue weighted by Crippen LogP contribution is 2.23. The molecular formula is C11H12BrN3S. The molecule has 2 heterocycles. The van der Waals surface area contributed by atoms with E-state index < -0.39 is 0 Å². The summed E-state index contributed by atoms with van der Waals surface area (Å²) in [5.41, 5.74) is 7.10. The Hall–Kier alpha value is -0.780. The van der Waals surface area contributed by atoms with Crippen molar-refractivity contribution in [3.63, 3.8) is 0 Å². The first kappa shape index (κ1) is 11.7. The van der Waals surface area contributed by atoms with Crippen LogP contribution in [0.3, 0.4) is 0 Å². The van der Waals surface area contributed by atoms with E-state index in [9.17, 15) is 0 Å². The largest absolute Gasteiger partial charge is 0.321 e. The SMILES string of the molecule is Cc1cnc(C(N)Cc2cc(Br)cs2)nc1. The molecule has 2 aromatic heterocycles. The van der Waals surface area contributed by atoms with E-state index in [0.29, 0.717) is 5.82 Å². The summed E-state index contributed by atoms with van der Waals surface area (Å²) in [6, 6.07) is 1.95. The quantitative estimate of drug-likeness (QED) is 0.948. The summed E-state index contributed by atoms with van der Waals surface area (Å²) in [6.45, 7) is 1.96. The molecule has 0 aliphatic carbocycles. The second kappa shape index (κ2) is 5.03. The van der Waals surface area contributed by atoms with E-state index in [4.69, 9.17) is 5.73 Å². The van der Waals surface area contributed by atoms with Gasteiger partial charge in [0.1, 0.15) is 5.82 Å². The first-order valence-corrected chi connectivity index (χ1v) is 6.59. The molecule has 16 heavy (non-hydrogen) atoms. The second-order valence-electron chi connectivity index (χ2n) is 3.66. The minimum atomic E-state index is -0.133. The van der Waals surface area contributed by atoms with Crippen molar-refractivity contribution < 1.29 is 0 Å². The van der Waals surface area contributed by atoms with Crippen molar-refractivity contribution in [1.82, 2.24) is 9.97 Å². The Morgan fingerprint density at radius 3 is 2.69 bits per heavy atom. The molecule has 0 saturated carbocycles. The number of halogens is 1. The molecule has 2 aromatic rings. The fourth-order valence-corrected chi connectivity index (χ4v) is 2.87. The lowest BCUT2D eigenvalue weighted by Gasteiger charge is -2.08. The number of thiophene rings is 1. The first-order chi connectivity index (χ1) is 7.65. The molecule has 0 bridgehead atoms. The predicted octanol–water partition coefficient (Wildman–Crippen LogP) is 2.85. The van der Waals surface area contributed by atoms with Crippen LogP contribution in [0.15, 0.2) is 28.3 Å².